The van der Waals surface area contributed by atoms with E-state index in [0.29, 0.717) is 13.1 Å². The first-order valence-electron chi connectivity index (χ1n) is 4.04. The SMILES string of the molecule is N#CC(NCCN=[N+]=[N-])c1ccsc1. The number of nitrogens with zero attached hydrogens (tertiary/aromatic N) is 4. The Kier molecular flexibility index (Phi) is 4.51. The molecular formula is C8H9N5S. The van der Waals surface area contributed by atoms with Gasteiger partial charge in [-0.05, 0) is 27.9 Å². The van der Waals surface area contributed by atoms with Gasteiger partial charge in [-0.1, -0.05) is 5.11 Å². The van der Waals surface area contributed by atoms with Gasteiger partial charge in [0.15, 0.2) is 0 Å². The van der Waals surface area contributed by atoms with Gasteiger partial charge < -0.3 is 0 Å². The molecule has 0 aliphatic heterocycles. The van der Waals surface area contributed by atoms with Crippen molar-refractivity contribution in [2.45, 2.75) is 6.04 Å². The van der Waals surface area contributed by atoms with Crippen molar-refractivity contribution in [2.24, 2.45) is 5.11 Å². The molecule has 0 saturated heterocycles. The van der Waals surface area contributed by atoms with E-state index in [4.69, 9.17) is 10.8 Å². The average molecular weight is 207 g/mol. The molecule has 0 saturated carbocycles. The Balaban J connectivity index is 2.41. The van der Waals surface area contributed by atoms with Crippen molar-refractivity contribution in [1.82, 2.24) is 5.32 Å². The van der Waals surface area contributed by atoms with Crippen LogP contribution in [0.5, 0.6) is 0 Å². The van der Waals surface area contributed by atoms with Crippen LogP contribution in [0.4, 0.5) is 0 Å². The lowest BCUT2D eigenvalue weighted by Crippen LogP contribution is -2.22. The molecule has 0 spiro atoms. The minimum Gasteiger partial charge on any atom is -0.298 e. The van der Waals surface area contributed by atoms with Gasteiger partial charge in [-0.15, -0.1) is 0 Å². The number of rotatable bonds is 5. The zero-order valence-corrected chi connectivity index (χ0v) is 8.24. The topological polar surface area (TPSA) is 84.6 Å². The predicted molar refractivity (Wildman–Crippen MR) is 54.7 cm³/mol. The van der Waals surface area contributed by atoms with Crippen LogP contribution in [0.1, 0.15) is 11.6 Å². The summed E-state index contributed by atoms with van der Waals surface area (Å²) >= 11 is 1.55. The van der Waals surface area contributed by atoms with Gasteiger partial charge in [-0.25, -0.2) is 0 Å². The fourth-order valence-corrected chi connectivity index (χ4v) is 1.67. The minimum absolute atomic E-state index is 0.310. The molecule has 6 heteroatoms. The van der Waals surface area contributed by atoms with E-state index in [1.165, 1.54) is 0 Å². The highest BCUT2D eigenvalue weighted by Crippen LogP contribution is 2.14. The number of thiophene rings is 1. The molecule has 0 radical (unpaired) electrons. The molecular weight excluding hydrogens is 198 g/mol. The quantitative estimate of drug-likeness (QED) is 0.347. The summed E-state index contributed by atoms with van der Waals surface area (Å²) in [6.07, 6.45) is 0. The van der Waals surface area contributed by atoms with Crippen LogP contribution in [0, 0.1) is 11.3 Å². The van der Waals surface area contributed by atoms with Gasteiger partial charge in [-0.2, -0.15) is 16.6 Å². The van der Waals surface area contributed by atoms with Gasteiger partial charge in [0.05, 0.1) is 6.07 Å². The molecule has 0 aliphatic rings. The number of hydrogen-bond donors (Lipinski definition) is 1. The molecule has 0 amide bonds. The highest BCUT2D eigenvalue weighted by molar-refractivity contribution is 7.07. The molecule has 1 atom stereocenters. The number of nitrogens with one attached hydrogen (secondary N) is 1. The van der Waals surface area contributed by atoms with Crippen LogP contribution in [0.3, 0.4) is 0 Å². The molecule has 5 nitrogen and oxygen atoms in total. The Morgan fingerprint density at radius 3 is 3.21 bits per heavy atom. The van der Waals surface area contributed by atoms with E-state index >= 15 is 0 Å². The molecule has 1 unspecified atom stereocenters. The summed E-state index contributed by atoms with van der Waals surface area (Å²) in [4.78, 5) is 2.63. The van der Waals surface area contributed by atoms with E-state index in [9.17, 15) is 0 Å². The van der Waals surface area contributed by atoms with Gasteiger partial charge in [0.1, 0.15) is 6.04 Å². The molecule has 14 heavy (non-hydrogen) atoms. The first-order valence-corrected chi connectivity index (χ1v) is 4.98. The van der Waals surface area contributed by atoms with Crippen LogP contribution < -0.4 is 5.32 Å². The number of nitriles is 1. The largest absolute Gasteiger partial charge is 0.298 e. The lowest BCUT2D eigenvalue weighted by atomic mass is 10.2. The first kappa shape index (κ1) is 10.5. The second kappa shape index (κ2) is 6.00. The summed E-state index contributed by atoms with van der Waals surface area (Å²) in [6.45, 7) is 0.872. The van der Waals surface area contributed by atoms with Crippen molar-refractivity contribution in [3.63, 3.8) is 0 Å². The Morgan fingerprint density at radius 1 is 1.79 bits per heavy atom. The average Bonchev–Trinajstić information content (AvgIpc) is 2.71. The van der Waals surface area contributed by atoms with Gasteiger partial charge in [0.2, 0.25) is 0 Å². The highest BCUT2D eigenvalue weighted by atomic mass is 32.1. The van der Waals surface area contributed by atoms with Crippen molar-refractivity contribution in [1.29, 1.82) is 5.26 Å². The fourth-order valence-electron chi connectivity index (χ4n) is 0.981. The van der Waals surface area contributed by atoms with Crippen molar-refractivity contribution in [2.75, 3.05) is 13.1 Å². The second-order valence-corrected chi connectivity index (χ2v) is 3.31. The molecule has 1 aromatic rings. The predicted octanol–water partition coefficient (Wildman–Crippen LogP) is 2.21. The molecule has 1 rings (SSSR count). The van der Waals surface area contributed by atoms with Crippen molar-refractivity contribution in [3.05, 3.63) is 32.8 Å². The molecule has 1 aromatic heterocycles. The zero-order valence-electron chi connectivity index (χ0n) is 7.42. The highest BCUT2D eigenvalue weighted by Gasteiger charge is 2.08. The van der Waals surface area contributed by atoms with Crippen LogP contribution in [0.15, 0.2) is 21.9 Å². The van der Waals surface area contributed by atoms with Crippen LogP contribution in [-0.2, 0) is 0 Å². The maximum Gasteiger partial charge on any atom is 0.122 e. The summed E-state index contributed by atoms with van der Waals surface area (Å²) in [5, 5.41) is 19.1. The molecule has 0 bridgehead atoms. The minimum atomic E-state index is -0.310. The van der Waals surface area contributed by atoms with E-state index in [2.05, 4.69) is 21.4 Å². The van der Waals surface area contributed by atoms with E-state index < -0.39 is 0 Å². The normalized spacial score (nSPS) is 11.4. The number of azide groups is 1. The Bertz CT molecular complexity index is 346. The Morgan fingerprint density at radius 2 is 2.64 bits per heavy atom. The van der Waals surface area contributed by atoms with Crippen molar-refractivity contribution < 1.29 is 0 Å². The van der Waals surface area contributed by atoms with E-state index in [1.54, 1.807) is 11.3 Å². The van der Waals surface area contributed by atoms with Gasteiger partial charge in [0.25, 0.3) is 0 Å². The molecule has 72 valence electrons. The number of hydrogen-bond acceptors (Lipinski definition) is 4. The van der Waals surface area contributed by atoms with Crippen molar-refractivity contribution in [3.8, 4) is 6.07 Å². The second-order valence-electron chi connectivity index (χ2n) is 2.53. The zero-order chi connectivity index (χ0) is 10.2. The molecule has 1 heterocycles. The van der Waals surface area contributed by atoms with Crippen LogP contribution in [0.2, 0.25) is 0 Å². The van der Waals surface area contributed by atoms with E-state index in [0.717, 1.165) is 5.56 Å². The summed E-state index contributed by atoms with van der Waals surface area (Å²) in [5.74, 6) is 0. The van der Waals surface area contributed by atoms with Crippen LogP contribution in [-0.4, -0.2) is 13.1 Å². The summed E-state index contributed by atoms with van der Waals surface area (Å²) in [5.41, 5.74) is 9.00. The third-order valence-electron chi connectivity index (χ3n) is 1.63. The third kappa shape index (κ3) is 3.07. The maximum atomic E-state index is 8.84. The van der Waals surface area contributed by atoms with E-state index in [-0.39, 0.29) is 6.04 Å². The molecule has 0 fully saturated rings. The van der Waals surface area contributed by atoms with Crippen LogP contribution in [0.25, 0.3) is 10.4 Å². The third-order valence-corrected chi connectivity index (χ3v) is 2.33. The first-order chi connectivity index (χ1) is 6.88. The fraction of sp³-hybridized carbons (Fsp3) is 0.375. The van der Waals surface area contributed by atoms with Gasteiger partial charge in [0, 0.05) is 18.0 Å². The molecule has 0 aromatic carbocycles. The smallest absolute Gasteiger partial charge is 0.122 e. The summed E-state index contributed by atoms with van der Waals surface area (Å²) < 4.78 is 0. The summed E-state index contributed by atoms with van der Waals surface area (Å²) in [6, 6.07) is 3.73. The monoisotopic (exact) mass is 207 g/mol. The van der Waals surface area contributed by atoms with Crippen LogP contribution >= 0.6 is 11.3 Å². The Labute approximate surface area is 85.6 Å². The Hall–Kier alpha value is -1.54. The maximum absolute atomic E-state index is 8.84. The molecule has 0 aliphatic carbocycles. The van der Waals surface area contributed by atoms with E-state index in [1.807, 2.05) is 16.8 Å². The lowest BCUT2D eigenvalue weighted by Gasteiger charge is -2.07. The van der Waals surface area contributed by atoms with Crippen molar-refractivity contribution >= 4 is 11.3 Å². The van der Waals surface area contributed by atoms with Gasteiger partial charge in [-0.3, -0.25) is 5.32 Å². The molecule has 1 N–H and O–H groups in total. The standard InChI is InChI=1S/C8H9N5S/c9-5-8(7-1-4-14-6-7)11-2-3-12-13-10/h1,4,6,8,11H,2-3H2. The lowest BCUT2D eigenvalue weighted by molar-refractivity contribution is 0.637. The van der Waals surface area contributed by atoms with Gasteiger partial charge >= 0.3 is 0 Å². The summed E-state index contributed by atoms with van der Waals surface area (Å²) in [7, 11) is 0.